The number of rotatable bonds is 4. The SMILES string of the molecule is CCn1cc(C(=O)Nc2cccc3ccccc23)c(=O)c2cc(OC)ccc21. The van der Waals surface area contributed by atoms with Gasteiger partial charge in [-0.1, -0.05) is 36.4 Å². The first-order valence-electron chi connectivity index (χ1n) is 9.12. The molecule has 0 fully saturated rings. The molecular weight excluding hydrogens is 352 g/mol. The molecule has 1 N–H and O–H groups in total. The second kappa shape index (κ2) is 7.19. The monoisotopic (exact) mass is 372 g/mol. The quantitative estimate of drug-likeness (QED) is 0.576. The number of ether oxygens (including phenoxy) is 1. The number of hydrogen-bond donors (Lipinski definition) is 1. The van der Waals surface area contributed by atoms with Gasteiger partial charge in [0.2, 0.25) is 5.43 Å². The number of carbonyl (C=O) groups excluding carboxylic acids is 1. The highest BCUT2D eigenvalue weighted by atomic mass is 16.5. The summed E-state index contributed by atoms with van der Waals surface area (Å²) in [5, 5.41) is 5.32. The van der Waals surface area contributed by atoms with Crippen LogP contribution in [0.25, 0.3) is 21.7 Å². The van der Waals surface area contributed by atoms with E-state index in [0.717, 1.165) is 16.3 Å². The molecule has 5 heteroatoms. The zero-order valence-electron chi connectivity index (χ0n) is 15.7. The van der Waals surface area contributed by atoms with Crippen LogP contribution >= 0.6 is 0 Å². The lowest BCUT2D eigenvalue weighted by atomic mass is 10.1. The molecule has 0 bridgehead atoms. The number of nitrogens with zero attached hydrogens (tertiary/aromatic N) is 1. The summed E-state index contributed by atoms with van der Waals surface area (Å²) in [5.41, 5.74) is 1.25. The molecule has 0 saturated heterocycles. The zero-order chi connectivity index (χ0) is 19.7. The van der Waals surface area contributed by atoms with Crippen LogP contribution in [0.15, 0.2) is 71.7 Å². The van der Waals surface area contributed by atoms with Gasteiger partial charge >= 0.3 is 0 Å². The number of pyridine rings is 1. The van der Waals surface area contributed by atoms with E-state index < -0.39 is 5.91 Å². The number of methoxy groups -OCH3 is 1. The maximum atomic E-state index is 13.0. The minimum absolute atomic E-state index is 0.107. The molecule has 1 heterocycles. The predicted octanol–water partition coefficient (Wildman–Crippen LogP) is 4.44. The Kier molecular flexibility index (Phi) is 4.57. The summed E-state index contributed by atoms with van der Waals surface area (Å²) < 4.78 is 7.14. The van der Waals surface area contributed by atoms with Gasteiger partial charge in [-0.25, -0.2) is 0 Å². The van der Waals surface area contributed by atoms with Crippen LogP contribution in [0.4, 0.5) is 5.69 Å². The predicted molar refractivity (Wildman–Crippen MR) is 112 cm³/mol. The first-order chi connectivity index (χ1) is 13.6. The normalized spacial score (nSPS) is 10.9. The van der Waals surface area contributed by atoms with E-state index in [2.05, 4.69) is 5.32 Å². The maximum Gasteiger partial charge on any atom is 0.261 e. The van der Waals surface area contributed by atoms with Crippen LogP contribution in [0.3, 0.4) is 0 Å². The van der Waals surface area contributed by atoms with Crippen molar-refractivity contribution in [1.29, 1.82) is 0 Å². The third-order valence-electron chi connectivity index (χ3n) is 4.91. The van der Waals surface area contributed by atoms with E-state index in [0.29, 0.717) is 23.4 Å². The number of aryl methyl sites for hydroxylation is 1. The van der Waals surface area contributed by atoms with E-state index >= 15 is 0 Å². The van der Waals surface area contributed by atoms with Crippen molar-refractivity contribution in [2.24, 2.45) is 0 Å². The van der Waals surface area contributed by atoms with Gasteiger partial charge in [-0.15, -0.1) is 0 Å². The van der Waals surface area contributed by atoms with Gasteiger partial charge in [-0.2, -0.15) is 0 Å². The maximum absolute atomic E-state index is 13.0. The molecule has 1 amide bonds. The lowest BCUT2D eigenvalue weighted by molar-refractivity contribution is 0.102. The molecule has 0 aliphatic rings. The van der Waals surface area contributed by atoms with Crippen LogP contribution in [0, 0.1) is 0 Å². The van der Waals surface area contributed by atoms with Crippen molar-refractivity contribution < 1.29 is 9.53 Å². The molecular formula is C23H20N2O3. The highest BCUT2D eigenvalue weighted by Gasteiger charge is 2.16. The van der Waals surface area contributed by atoms with Crippen molar-refractivity contribution in [3.8, 4) is 5.75 Å². The molecule has 0 atom stereocenters. The van der Waals surface area contributed by atoms with E-state index in [1.807, 2.05) is 66.1 Å². The fourth-order valence-electron chi connectivity index (χ4n) is 3.45. The largest absolute Gasteiger partial charge is 0.497 e. The fraction of sp³-hybridized carbons (Fsp3) is 0.130. The molecule has 0 saturated carbocycles. The third kappa shape index (κ3) is 3.01. The van der Waals surface area contributed by atoms with E-state index in [-0.39, 0.29) is 11.0 Å². The van der Waals surface area contributed by atoms with Crippen molar-refractivity contribution in [3.63, 3.8) is 0 Å². The van der Waals surface area contributed by atoms with Gasteiger partial charge in [0.1, 0.15) is 11.3 Å². The molecule has 0 unspecified atom stereocenters. The Labute approximate surface area is 162 Å². The molecule has 4 aromatic rings. The van der Waals surface area contributed by atoms with Crippen molar-refractivity contribution >= 4 is 33.3 Å². The first-order valence-corrected chi connectivity index (χ1v) is 9.12. The van der Waals surface area contributed by atoms with Gasteiger partial charge in [-0.05, 0) is 36.6 Å². The Morgan fingerprint density at radius 2 is 1.82 bits per heavy atom. The summed E-state index contributed by atoms with van der Waals surface area (Å²) in [6.07, 6.45) is 1.62. The van der Waals surface area contributed by atoms with Gasteiger partial charge < -0.3 is 14.6 Å². The third-order valence-corrected chi connectivity index (χ3v) is 4.91. The Morgan fingerprint density at radius 1 is 1.04 bits per heavy atom. The van der Waals surface area contributed by atoms with Gasteiger partial charge in [0.05, 0.1) is 18.0 Å². The second-order valence-corrected chi connectivity index (χ2v) is 6.52. The first kappa shape index (κ1) is 17.8. The molecule has 4 rings (SSSR count). The number of amides is 1. The smallest absolute Gasteiger partial charge is 0.261 e. The fourth-order valence-corrected chi connectivity index (χ4v) is 3.45. The number of fused-ring (bicyclic) bond motifs is 2. The van der Waals surface area contributed by atoms with Gasteiger partial charge in [0.15, 0.2) is 0 Å². The van der Waals surface area contributed by atoms with E-state index in [4.69, 9.17) is 4.74 Å². The van der Waals surface area contributed by atoms with E-state index in [1.165, 1.54) is 0 Å². The lowest BCUT2D eigenvalue weighted by Gasteiger charge is -2.13. The summed E-state index contributed by atoms with van der Waals surface area (Å²) >= 11 is 0. The highest BCUT2D eigenvalue weighted by Crippen LogP contribution is 2.24. The summed E-state index contributed by atoms with van der Waals surface area (Å²) in [7, 11) is 1.55. The van der Waals surface area contributed by atoms with Crippen molar-refractivity contribution in [3.05, 3.63) is 82.6 Å². The summed E-state index contributed by atoms with van der Waals surface area (Å²) in [4.78, 5) is 26.0. The van der Waals surface area contributed by atoms with Gasteiger partial charge in [0.25, 0.3) is 5.91 Å². The number of benzene rings is 3. The average Bonchev–Trinajstić information content (AvgIpc) is 2.74. The molecule has 0 radical (unpaired) electrons. The number of aromatic nitrogens is 1. The Bertz CT molecular complexity index is 1250. The highest BCUT2D eigenvalue weighted by molar-refractivity contribution is 6.10. The summed E-state index contributed by atoms with van der Waals surface area (Å²) in [6, 6.07) is 18.8. The average molecular weight is 372 g/mol. The Balaban J connectivity index is 1.82. The topological polar surface area (TPSA) is 60.3 Å². The van der Waals surface area contributed by atoms with E-state index in [1.54, 1.807) is 19.4 Å². The summed E-state index contributed by atoms with van der Waals surface area (Å²) in [5.74, 6) is 0.159. The van der Waals surface area contributed by atoms with Crippen LogP contribution in [0.5, 0.6) is 5.75 Å². The minimum atomic E-state index is -0.423. The van der Waals surface area contributed by atoms with Crippen molar-refractivity contribution in [2.75, 3.05) is 12.4 Å². The Morgan fingerprint density at radius 3 is 2.61 bits per heavy atom. The van der Waals surface area contributed by atoms with Crippen LogP contribution in [0.1, 0.15) is 17.3 Å². The van der Waals surface area contributed by atoms with Crippen LogP contribution in [-0.4, -0.2) is 17.6 Å². The van der Waals surface area contributed by atoms with E-state index in [9.17, 15) is 9.59 Å². The van der Waals surface area contributed by atoms with Crippen LogP contribution in [0.2, 0.25) is 0 Å². The second-order valence-electron chi connectivity index (χ2n) is 6.52. The molecule has 28 heavy (non-hydrogen) atoms. The molecule has 1 aromatic heterocycles. The number of hydrogen-bond acceptors (Lipinski definition) is 3. The number of anilines is 1. The number of carbonyl (C=O) groups is 1. The lowest BCUT2D eigenvalue weighted by Crippen LogP contribution is -2.24. The molecule has 0 aliphatic carbocycles. The molecule has 5 nitrogen and oxygen atoms in total. The molecule has 0 spiro atoms. The van der Waals surface area contributed by atoms with Gasteiger partial charge in [-0.3, -0.25) is 9.59 Å². The van der Waals surface area contributed by atoms with Crippen molar-refractivity contribution in [2.45, 2.75) is 13.5 Å². The van der Waals surface area contributed by atoms with Crippen LogP contribution in [-0.2, 0) is 6.54 Å². The summed E-state index contributed by atoms with van der Waals surface area (Å²) in [6.45, 7) is 2.61. The zero-order valence-corrected chi connectivity index (χ0v) is 15.7. The standard InChI is InChI=1S/C23H20N2O3/c1-3-25-14-19(22(26)18-13-16(28-2)11-12-21(18)25)23(27)24-20-10-6-8-15-7-4-5-9-17(15)20/h4-14H,3H2,1-2H3,(H,24,27). The molecule has 3 aromatic carbocycles. The minimum Gasteiger partial charge on any atom is -0.497 e. The van der Waals surface area contributed by atoms with Gasteiger partial charge in [0, 0.05) is 23.8 Å². The molecule has 140 valence electrons. The van der Waals surface area contributed by atoms with Crippen LogP contribution < -0.4 is 15.5 Å². The number of nitrogens with one attached hydrogen (secondary N) is 1. The molecule has 0 aliphatic heterocycles. The Hall–Kier alpha value is -3.60. The van der Waals surface area contributed by atoms with Crippen molar-refractivity contribution in [1.82, 2.24) is 4.57 Å².